The minimum atomic E-state index is -1.54. The highest BCUT2D eigenvalue weighted by atomic mass is 32.1. The second-order valence-electron chi connectivity index (χ2n) is 8.85. The van der Waals surface area contributed by atoms with Crippen molar-refractivity contribution < 1.29 is 28.2 Å². The molecule has 1 atom stereocenters. The lowest BCUT2D eigenvalue weighted by molar-refractivity contribution is -0.141. The van der Waals surface area contributed by atoms with Gasteiger partial charge < -0.3 is 9.84 Å². The first kappa shape index (κ1) is 25.4. The number of thiophene rings is 1. The van der Waals surface area contributed by atoms with E-state index in [0.717, 1.165) is 27.1 Å². The number of methoxy groups -OCH3 is 1. The Kier molecular flexibility index (Phi) is 6.39. The lowest BCUT2D eigenvalue weighted by Gasteiger charge is -2.12. The summed E-state index contributed by atoms with van der Waals surface area (Å²) in [5.41, 5.74) is 2.79. The molecule has 38 heavy (non-hydrogen) atoms. The van der Waals surface area contributed by atoms with E-state index in [0.29, 0.717) is 28.5 Å². The topological polar surface area (TPSA) is 107 Å². The summed E-state index contributed by atoms with van der Waals surface area (Å²) in [6.45, 7) is 5.85. The molecule has 2 aromatic heterocycles. The van der Waals surface area contributed by atoms with Gasteiger partial charge in [-0.05, 0) is 38.0 Å². The van der Waals surface area contributed by atoms with Gasteiger partial charge in [-0.15, -0.1) is 21.5 Å². The molecule has 1 aliphatic heterocycles. The van der Waals surface area contributed by atoms with Crippen LogP contribution in [0.1, 0.15) is 56.0 Å². The molecule has 1 N–H and O–H groups in total. The van der Waals surface area contributed by atoms with Crippen LogP contribution in [-0.4, -0.2) is 44.6 Å². The molecule has 0 bridgehead atoms. The van der Waals surface area contributed by atoms with Crippen LogP contribution >= 0.6 is 11.3 Å². The van der Waals surface area contributed by atoms with E-state index >= 15 is 0 Å². The number of fused-ring (bicyclic) bond motifs is 3. The van der Waals surface area contributed by atoms with Crippen molar-refractivity contribution in [2.24, 2.45) is 4.99 Å². The van der Waals surface area contributed by atoms with Gasteiger partial charge in [0, 0.05) is 21.6 Å². The number of aryl methyl sites for hydroxylation is 2. The van der Waals surface area contributed by atoms with Gasteiger partial charge in [-0.3, -0.25) is 14.4 Å². The number of carboxylic acid groups (broad SMARTS) is 1. The van der Waals surface area contributed by atoms with Gasteiger partial charge in [0.25, 0.3) is 0 Å². The highest BCUT2D eigenvalue weighted by Gasteiger charge is 2.32. The fourth-order valence-electron chi connectivity index (χ4n) is 4.51. The molecule has 0 unspecified atom stereocenters. The third kappa shape index (κ3) is 4.08. The standard InChI is InChI=1S/C27H22F2N4O4S/c1-12-13(2)38-26-21(12)24(30-19(11-20(34)37-4)25-32-31-14(3)33(25)26)16-7-5-15(6-8-16)17-9-10-18(27(35)36)23(29)22(17)28/h5-10,19H,11H2,1-4H3,(H,35,36)/t19-/m0/s1. The maximum Gasteiger partial charge on any atom is 0.338 e. The number of hydrogen-bond donors (Lipinski definition) is 1. The van der Waals surface area contributed by atoms with Gasteiger partial charge in [0.05, 0.1) is 24.8 Å². The van der Waals surface area contributed by atoms with Crippen LogP contribution < -0.4 is 0 Å². The highest BCUT2D eigenvalue weighted by molar-refractivity contribution is 7.15. The first-order valence-corrected chi connectivity index (χ1v) is 12.4. The zero-order chi connectivity index (χ0) is 27.3. The summed E-state index contributed by atoms with van der Waals surface area (Å²) in [5, 5.41) is 18.5. The molecule has 11 heteroatoms. The molecule has 4 aromatic rings. The summed E-state index contributed by atoms with van der Waals surface area (Å²) in [4.78, 5) is 29.5. The van der Waals surface area contributed by atoms with Gasteiger partial charge in [-0.2, -0.15) is 0 Å². The van der Waals surface area contributed by atoms with E-state index in [4.69, 9.17) is 14.8 Å². The van der Waals surface area contributed by atoms with Crippen molar-refractivity contribution >= 4 is 29.0 Å². The Bertz CT molecular complexity index is 1640. The van der Waals surface area contributed by atoms with Crippen molar-refractivity contribution in [3.8, 4) is 16.1 Å². The monoisotopic (exact) mass is 536 g/mol. The maximum atomic E-state index is 14.7. The van der Waals surface area contributed by atoms with Gasteiger partial charge in [0.1, 0.15) is 16.9 Å². The second-order valence-corrected chi connectivity index (χ2v) is 10.1. The third-order valence-corrected chi connectivity index (χ3v) is 7.80. The fraction of sp³-hybridized carbons (Fsp3) is 0.222. The summed E-state index contributed by atoms with van der Waals surface area (Å²) >= 11 is 1.57. The number of carbonyl (C=O) groups excluding carboxylic acids is 1. The van der Waals surface area contributed by atoms with Gasteiger partial charge in [-0.1, -0.05) is 30.3 Å². The van der Waals surface area contributed by atoms with Crippen LogP contribution in [0.25, 0.3) is 16.1 Å². The number of aromatic nitrogens is 3. The van der Waals surface area contributed by atoms with Gasteiger partial charge in [0.2, 0.25) is 0 Å². The molecular weight excluding hydrogens is 514 g/mol. The molecule has 0 saturated heterocycles. The van der Waals surface area contributed by atoms with Crippen LogP contribution in [0.2, 0.25) is 0 Å². The molecule has 0 spiro atoms. The summed E-state index contributed by atoms with van der Waals surface area (Å²) in [6.07, 6.45) is -0.0381. The predicted molar refractivity (Wildman–Crippen MR) is 137 cm³/mol. The molecule has 5 rings (SSSR count). The molecule has 3 heterocycles. The Labute approximate surface area is 220 Å². The first-order valence-electron chi connectivity index (χ1n) is 11.6. The lowest BCUT2D eigenvalue weighted by atomic mass is 9.96. The van der Waals surface area contributed by atoms with Gasteiger partial charge in [-0.25, -0.2) is 13.6 Å². The summed E-state index contributed by atoms with van der Waals surface area (Å²) < 4.78 is 35.8. The predicted octanol–water partition coefficient (Wildman–Crippen LogP) is 5.35. The number of esters is 1. The first-order chi connectivity index (χ1) is 18.1. The van der Waals surface area contributed by atoms with Crippen LogP contribution in [-0.2, 0) is 9.53 Å². The number of rotatable bonds is 5. The van der Waals surface area contributed by atoms with Crippen LogP contribution in [0, 0.1) is 32.4 Å². The molecular formula is C27H22F2N4O4S. The molecule has 0 saturated carbocycles. The summed E-state index contributed by atoms with van der Waals surface area (Å²) in [6, 6.07) is 8.34. The zero-order valence-corrected chi connectivity index (χ0v) is 21.7. The highest BCUT2D eigenvalue weighted by Crippen LogP contribution is 2.40. The Morgan fingerprint density at radius 2 is 1.71 bits per heavy atom. The summed E-state index contributed by atoms with van der Waals surface area (Å²) in [5.74, 6) is -3.45. The SMILES string of the molecule is COC(=O)C[C@@H]1N=C(c2ccc(-c3ccc(C(=O)O)c(F)c3F)cc2)c2c(sc(C)c2C)-n2c(C)nnc21. The van der Waals surface area contributed by atoms with Crippen molar-refractivity contribution in [3.05, 3.63) is 86.8 Å². The number of carboxylic acids is 1. The number of hydrogen-bond acceptors (Lipinski definition) is 7. The Balaban J connectivity index is 1.65. The van der Waals surface area contributed by atoms with E-state index in [1.54, 1.807) is 35.6 Å². The van der Waals surface area contributed by atoms with Crippen LogP contribution in [0.5, 0.6) is 0 Å². The van der Waals surface area contributed by atoms with Crippen LogP contribution in [0.15, 0.2) is 41.4 Å². The maximum absolute atomic E-state index is 14.7. The van der Waals surface area contributed by atoms with E-state index in [1.807, 2.05) is 25.3 Å². The lowest BCUT2D eigenvalue weighted by Crippen LogP contribution is -2.12. The zero-order valence-electron chi connectivity index (χ0n) is 20.9. The van der Waals surface area contributed by atoms with E-state index in [2.05, 4.69) is 10.2 Å². The number of aromatic carboxylic acids is 1. The normalized spacial score (nSPS) is 14.4. The van der Waals surface area contributed by atoms with Crippen molar-refractivity contribution in [2.75, 3.05) is 7.11 Å². The summed E-state index contributed by atoms with van der Waals surface area (Å²) in [7, 11) is 1.31. The smallest absolute Gasteiger partial charge is 0.338 e. The van der Waals surface area contributed by atoms with Gasteiger partial charge >= 0.3 is 11.9 Å². The number of benzene rings is 2. The van der Waals surface area contributed by atoms with Gasteiger partial charge in [0.15, 0.2) is 17.5 Å². The third-order valence-electron chi connectivity index (χ3n) is 6.61. The van der Waals surface area contributed by atoms with E-state index < -0.39 is 35.2 Å². The number of aliphatic imine (C=N–C) groups is 1. The molecule has 2 aromatic carbocycles. The molecule has 194 valence electrons. The van der Waals surface area contributed by atoms with Crippen molar-refractivity contribution in [1.82, 2.24) is 14.8 Å². The number of halogens is 2. The minimum Gasteiger partial charge on any atom is -0.478 e. The van der Waals surface area contributed by atoms with Crippen molar-refractivity contribution in [1.29, 1.82) is 0 Å². The Hall–Kier alpha value is -4.25. The molecule has 1 aliphatic rings. The van der Waals surface area contributed by atoms with Crippen LogP contribution in [0.4, 0.5) is 8.78 Å². The molecule has 0 amide bonds. The fourth-order valence-corrected chi connectivity index (χ4v) is 5.73. The minimum absolute atomic E-state index is 0.0381. The molecule has 8 nitrogen and oxygen atoms in total. The van der Waals surface area contributed by atoms with E-state index in [-0.39, 0.29) is 12.0 Å². The van der Waals surface area contributed by atoms with E-state index in [1.165, 1.54) is 13.2 Å². The molecule has 0 fully saturated rings. The van der Waals surface area contributed by atoms with Crippen molar-refractivity contribution in [3.63, 3.8) is 0 Å². The second kappa shape index (κ2) is 9.56. The largest absolute Gasteiger partial charge is 0.478 e. The average molecular weight is 537 g/mol. The number of ether oxygens (including phenoxy) is 1. The Morgan fingerprint density at radius 3 is 2.37 bits per heavy atom. The molecule has 0 radical (unpaired) electrons. The van der Waals surface area contributed by atoms with Crippen LogP contribution in [0.3, 0.4) is 0 Å². The van der Waals surface area contributed by atoms with E-state index in [9.17, 15) is 18.4 Å². The quantitative estimate of drug-likeness (QED) is 0.345. The molecule has 0 aliphatic carbocycles. The average Bonchev–Trinajstić information content (AvgIpc) is 3.37. The number of carbonyl (C=O) groups is 2. The number of nitrogens with zero attached hydrogens (tertiary/aromatic N) is 4. The Morgan fingerprint density at radius 1 is 1.03 bits per heavy atom. The van der Waals surface area contributed by atoms with Crippen molar-refractivity contribution in [2.45, 2.75) is 33.2 Å².